The van der Waals surface area contributed by atoms with Gasteiger partial charge in [0.15, 0.2) is 0 Å². The molecule has 1 fully saturated rings. The van der Waals surface area contributed by atoms with Crippen molar-refractivity contribution in [3.63, 3.8) is 0 Å². The number of likely N-dealkylation sites (N-methyl/N-ethyl adjacent to an activating group) is 1. The minimum atomic E-state index is 0.0160. The minimum Gasteiger partial charge on any atom is -0.323 e. The lowest BCUT2D eigenvalue weighted by molar-refractivity contribution is 0.213. The molecule has 4 heteroatoms. The van der Waals surface area contributed by atoms with Crippen LogP contribution in [0.4, 0.5) is 10.5 Å². The third-order valence-electron chi connectivity index (χ3n) is 3.63. The number of hydrogen-bond donors (Lipinski definition) is 1. The molecule has 1 aliphatic rings. The maximum Gasteiger partial charge on any atom is 0.321 e. The summed E-state index contributed by atoms with van der Waals surface area (Å²) in [6, 6.07) is 6.11. The van der Waals surface area contributed by atoms with Crippen LogP contribution in [-0.4, -0.2) is 49.1 Å². The molecule has 0 aliphatic carbocycles. The van der Waals surface area contributed by atoms with Crippen LogP contribution < -0.4 is 5.32 Å². The highest BCUT2D eigenvalue weighted by atomic mass is 16.2. The van der Waals surface area contributed by atoms with Gasteiger partial charge in [-0.2, -0.15) is 0 Å². The first-order valence-corrected chi connectivity index (χ1v) is 6.88. The third-order valence-corrected chi connectivity index (χ3v) is 3.63. The Balaban J connectivity index is 2.00. The predicted octanol–water partition coefficient (Wildman–Crippen LogP) is 2.47. The molecule has 0 aromatic heterocycles. The predicted molar refractivity (Wildman–Crippen MR) is 78.6 cm³/mol. The van der Waals surface area contributed by atoms with Crippen molar-refractivity contribution >= 4 is 11.7 Å². The fraction of sp³-hybridized carbons (Fsp3) is 0.533. The highest BCUT2D eigenvalue weighted by Gasteiger charge is 2.17. The molecule has 4 nitrogen and oxygen atoms in total. The number of carbonyl (C=O) groups is 1. The highest BCUT2D eigenvalue weighted by molar-refractivity contribution is 5.90. The fourth-order valence-corrected chi connectivity index (χ4v) is 2.40. The number of benzene rings is 1. The van der Waals surface area contributed by atoms with Gasteiger partial charge in [0.2, 0.25) is 0 Å². The van der Waals surface area contributed by atoms with Crippen LogP contribution in [0.25, 0.3) is 0 Å². The third kappa shape index (κ3) is 3.70. The van der Waals surface area contributed by atoms with Crippen LogP contribution in [0.3, 0.4) is 0 Å². The second-order valence-electron chi connectivity index (χ2n) is 5.39. The van der Waals surface area contributed by atoms with Gasteiger partial charge in [-0.05, 0) is 45.5 Å². The molecule has 2 amide bonds. The molecule has 1 N–H and O–H groups in total. The summed E-state index contributed by atoms with van der Waals surface area (Å²) in [5.74, 6) is 0. The van der Waals surface area contributed by atoms with E-state index in [1.165, 1.54) is 5.56 Å². The zero-order chi connectivity index (χ0) is 13.8. The Bertz CT molecular complexity index is 459. The first kappa shape index (κ1) is 13.9. The summed E-state index contributed by atoms with van der Waals surface area (Å²) in [6.45, 7) is 7.73. The summed E-state index contributed by atoms with van der Waals surface area (Å²) in [5, 5.41) is 3.02. The van der Waals surface area contributed by atoms with Crippen LogP contribution in [0.5, 0.6) is 0 Å². The summed E-state index contributed by atoms with van der Waals surface area (Å²) in [6.07, 6.45) is 1.04. The van der Waals surface area contributed by atoms with E-state index in [1.54, 1.807) is 0 Å². The van der Waals surface area contributed by atoms with Crippen LogP contribution >= 0.6 is 0 Å². The van der Waals surface area contributed by atoms with Crippen LogP contribution in [0.2, 0.25) is 0 Å². The number of carbonyl (C=O) groups excluding carboxylic acids is 1. The van der Waals surface area contributed by atoms with Crippen LogP contribution in [0, 0.1) is 13.8 Å². The first-order chi connectivity index (χ1) is 9.06. The highest BCUT2D eigenvalue weighted by Crippen LogP contribution is 2.16. The average molecular weight is 261 g/mol. The molecule has 1 heterocycles. The quantitative estimate of drug-likeness (QED) is 0.843. The Morgan fingerprint density at radius 1 is 1.16 bits per heavy atom. The monoisotopic (exact) mass is 261 g/mol. The van der Waals surface area contributed by atoms with Gasteiger partial charge in [0.05, 0.1) is 0 Å². The van der Waals surface area contributed by atoms with Crippen LogP contribution in [-0.2, 0) is 0 Å². The summed E-state index contributed by atoms with van der Waals surface area (Å²) < 4.78 is 0. The van der Waals surface area contributed by atoms with Gasteiger partial charge in [-0.25, -0.2) is 4.79 Å². The number of urea groups is 1. The summed E-state index contributed by atoms with van der Waals surface area (Å²) >= 11 is 0. The summed E-state index contributed by atoms with van der Waals surface area (Å²) in [5.41, 5.74) is 3.24. The van der Waals surface area contributed by atoms with Crippen LogP contribution in [0.1, 0.15) is 17.5 Å². The van der Waals surface area contributed by atoms with Crippen molar-refractivity contribution in [3.05, 3.63) is 29.3 Å². The van der Waals surface area contributed by atoms with E-state index < -0.39 is 0 Å². The topological polar surface area (TPSA) is 35.6 Å². The van der Waals surface area contributed by atoms with E-state index in [9.17, 15) is 4.79 Å². The van der Waals surface area contributed by atoms with Crippen molar-refractivity contribution in [1.29, 1.82) is 0 Å². The van der Waals surface area contributed by atoms with Gasteiger partial charge in [-0.3, -0.25) is 0 Å². The van der Waals surface area contributed by atoms with Gasteiger partial charge in [-0.15, -0.1) is 0 Å². The number of aryl methyl sites for hydroxylation is 2. The molecule has 0 spiro atoms. The Hall–Kier alpha value is -1.55. The average Bonchev–Trinajstić information content (AvgIpc) is 2.57. The van der Waals surface area contributed by atoms with Crippen molar-refractivity contribution in [2.45, 2.75) is 20.3 Å². The van der Waals surface area contributed by atoms with Gasteiger partial charge in [-0.1, -0.05) is 17.7 Å². The lowest BCUT2D eigenvalue weighted by Gasteiger charge is -2.21. The van der Waals surface area contributed by atoms with Gasteiger partial charge >= 0.3 is 6.03 Å². The number of nitrogens with one attached hydrogen (secondary N) is 1. The lowest BCUT2D eigenvalue weighted by atomic mass is 10.1. The Morgan fingerprint density at radius 3 is 2.68 bits per heavy atom. The molecule has 0 bridgehead atoms. The molecular formula is C15H23N3O. The van der Waals surface area contributed by atoms with E-state index in [1.807, 2.05) is 24.0 Å². The van der Waals surface area contributed by atoms with Crippen molar-refractivity contribution in [1.82, 2.24) is 9.80 Å². The largest absolute Gasteiger partial charge is 0.323 e. The standard InChI is InChI=1S/C15H23N3O/c1-12-5-6-14(13(2)11-12)16-15(19)18-8-4-7-17(3)9-10-18/h5-6,11H,4,7-10H2,1-3H3,(H,16,19). The molecule has 0 unspecified atom stereocenters. The molecule has 0 saturated carbocycles. The molecule has 2 rings (SSSR count). The Morgan fingerprint density at radius 2 is 1.95 bits per heavy atom. The summed E-state index contributed by atoms with van der Waals surface area (Å²) in [7, 11) is 2.10. The smallest absolute Gasteiger partial charge is 0.321 e. The number of hydrogen-bond acceptors (Lipinski definition) is 2. The maximum absolute atomic E-state index is 12.3. The molecule has 1 aliphatic heterocycles. The van der Waals surface area contributed by atoms with Crippen LogP contribution in [0.15, 0.2) is 18.2 Å². The van der Waals surface area contributed by atoms with E-state index in [-0.39, 0.29) is 6.03 Å². The van der Waals surface area contributed by atoms with Gasteiger partial charge in [0.1, 0.15) is 0 Å². The molecule has 1 saturated heterocycles. The Labute approximate surface area is 115 Å². The number of nitrogens with zero attached hydrogens (tertiary/aromatic N) is 2. The number of amides is 2. The molecule has 0 atom stereocenters. The number of rotatable bonds is 1. The maximum atomic E-state index is 12.3. The fourth-order valence-electron chi connectivity index (χ4n) is 2.40. The van der Waals surface area contributed by atoms with Crippen molar-refractivity contribution < 1.29 is 4.79 Å². The van der Waals surface area contributed by atoms with E-state index in [0.29, 0.717) is 0 Å². The van der Waals surface area contributed by atoms with E-state index in [2.05, 4.69) is 30.3 Å². The number of anilines is 1. The SMILES string of the molecule is Cc1ccc(NC(=O)N2CCCN(C)CC2)c(C)c1. The van der Waals surface area contributed by atoms with Gasteiger partial charge in [0.25, 0.3) is 0 Å². The van der Waals surface area contributed by atoms with Crippen molar-refractivity contribution in [3.8, 4) is 0 Å². The zero-order valence-electron chi connectivity index (χ0n) is 12.1. The minimum absolute atomic E-state index is 0.0160. The second kappa shape index (κ2) is 6.06. The second-order valence-corrected chi connectivity index (χ2v) is 5.39. The molecule has 19 heavy (non-hydrogen) atoms. The molecule has 0 radical (unpaired) electrons. The first-order valence-electron chi connectivity index (χ1n) is 6.88. The van der Waals surface area contributed by atoms with Gasteiger partial charge < -0.3 is 15.1 Å². The summed E-state index contributed by atoms with van der Waals surface area (Å²) in [4.78, 5) is 16.4. The zero-order valence-corrected chi connectivity index (χ0v) is 12.1. The molecule has 1 aromatic rings. The van der Waals surface area contributed by atoms with E-state index in [0.717, 1.165) is 43.9 Å². The van der Waals surface area contributed by atoms with Crippen molar-refractivity contribution in [2.24, 2.45) is 0 Å². The normalized spacial score (nSPS) is 17.1. The van der Waals surface area contributed by atoms with Gasteiger partial charge in [0, 0.05) is 25.3 Å². The van der Waals surface area contributed by atoms with E-state index in [4.69, 9.17) is 0 Å². The lowest BCUT2D eigenvalue weighted by Crippen LogP contribution is -2.37. The molecule has 104 valence electrons. The Kier molecular flexibility index (Phi) is 4.43. The molecule has 1 aromatic carbocycles. The molecular weight excluding hydrogens is 238 g/mol. The van der Waals surface area contributed by atoms with E-state index >= 15 is 0 Å². The van der Waals surface area contributed by atoms with Crippen molar-refractivity contribution in [2.75, 3.05) is 38.5 Å².